The summed E-state index contributed by atoms with van der Waals surface area (Å²) < 4.78 is 36.5. The molecule has 1 aromatic carbocycles. The van der Waals surface area contributed by atoms with Gasteiger partial charge >= 0.3 is 12.6 Å². The maximum atomic E-state index is 12.5. The van der Waals surface area contributed by atoms with Gasteiger partial charge < -0.3 is 14.4 Å². The fourth-order valence-corrected chi connectivity index (χ4v) is 2.71. The Balaban J connectivity index is 1.40. The molecule has 0 saturated carbocycles. The van der Waals surface area contributed by atoms with E-state index >= 15 is 0 Å². The summed E-state index contributed by atoms with van der Waals surface area (Å²) in [5.74, 6) is 0.0940. The number of rotatable bonds is 7. The molecule has 4 rings (SSSR count). The van der Waals surface area contributed by atoms with Crippen LogP contribution in [0, 0.1) is 6.92 Å². The number of benzene rings is 1. The summed E-state index contributed by atoms with van der Waals surface area (Å²) in [7, 11) is 0. The first kappa shape index (κ1) is 18.1. The second-order valence-corrected chi connectivity index (χ2v) is 6.34. The fourth-order valence-electron chi connectivity index (χ4n) is 2.71. The highest BCUT2D eigenvalue weighted by Gasteiger charge is 2.15. The molecule has 0 amide bonds. The van der Waals surface area contributed by atoms with E-state index in [9.17, 15) is 8.78 Å². The van der Waals surface area contributed by atoms with Crippen LogP contribution in [0.5, 0.6) is 11.8 Å². The minimum Gasteiger partial charge on any atom is -0.457 e. The molecule has 1 fully saturated rings. The van der Waals surface area contributed by atoms with Gasteiger partial charge in [-0.2, -0.15) is 8.78 Å². The zero-order chi connectivity index (χ0) is 19.5. The summed E-state index contributed by atoms with van der Waals surface area (Å²) in [5, 5.41) is 8.02. The van der Waals surface area contributed by atoms with Crippen molar-refractivity contribution in [2.24, 2.45) is 0 Å². The van der Waals surface area contributed by atoms with Crippen molar-refractivity contribution >= 4 is 5.69 Å². The molecule has 0 aliphatic carbocycles. The molecule has 1 saturated heterocycles. The van der Waals surface area contributed by atoms with Crippen LogP contribution in [0.2, 0.25) is 0 Å². The lowest BCUT2D eigenvalue weighted by atomic mass is 10.2. The minimum atomic E-state index is -2.89. The van der Waals surface area contributed by atoms with E-state index in [4.69, 9.17) is 4.74 Å². The lowest BCUT2D eigenvalue weighted by Gasteiger charge is -2.32. The first-order chi connectivity index (χ1) is 13.6. The maximum Gasteiger partial charge on any atom is 0.387 e. The Morgan fingerprint density at radius 3 is 2.61 bits per heavy atom. The molecule has 0 radical (unpaired) electrons. The minimum absolute atomic E-state index is 0.0940. The monoisotopic (exact) mass is 388 g/mol. The smallest absolute Gasteiger partial charge is 0.387 e. The molecule has 1 aliphatic heterocycles. The Morgan fingerprint density at radius 1 is 1.14 bits per heavy atom. The fraction of sp³-hybridized carbons (Fsp3) is 0.333. The van der Waals surface area contributed by atoms with E-state index in [1.54, 1.807) is 37.6 Å². The molecule has 3 heterocycles. The van der Waals surface area contributed by atoms with Crippen LogP contribution in [-0.2, 0) is 6.61 Å². The van der Waals surface area contributed by atoms with Crippen molar-refractivity contribution in [2.45, 2.75) is 26.6 Å². The third kappa shape index (κ3) is 4.00. The molecule has 0 atom stereocenters. The van der Waals surface area contributed by atoms with Crippen molar-refractivity contribution in [2.75, 3.05) is 18.0 Å². The average molecular weight is 388 g/mol. The molecule has 0 unspecified atom stereocenters. The van der Waals surface area contributed by atoms with Crippen molar-refractivity contribution in [1.29, 1.82) is 0 Å². The summed E-state index contributed by atoms with van der Waals surface area (Å²) in [6.07, 6.45) is 6.29. The Hall–Kier alpha value is -3.30. The number of halogens is 2. The number of nitrogens with zero attached hydrogens (tertiary/aromatic N) is 6. The highest BCUT2D eigenvalue weighted by atomic mass is 19.3. The Bertz CT molecular complexity index is 944. The third-order valence-corrected chi connectivity index (χ3v) is 4.38. The largest absolute Gasteiger partial charge is 0.457 e. The molecule has 0 bridgehead atoms. The summed E-state index contributed by atoms with van der Waals surface area (Å²) in [6.45, 7) is 0.983. The highest BCUT2D eigenvalue weighted by Crippen LogP contribution is 2.23. The molecule has 3 aromatic rings. The quantitative estimate of drug-likeness (QED) is 0.616. The molecule has 10 heteroatoms. The first-order valence-electron chi connectivity index (χ1n) is 8.75. The van der Waals surface area contributed by atoms with Gasteiger partial charge in [-0.25, -0.2) is 14.6 Å². The number of aromatic nitrogens is 5. The molecular formula is C18H18F2N6O2. The lowest BCUT2D eigenvalue weighted by Crippen LogP contribution is -2.37. The Kier molecular flexibility index (Phi) is 5.00. The van der Waals surface area contributed by atoms with Crippen molar-refractivity contribution in [3.63, 3.8) is 0 Å². The number of aryl methyl sites for hydroxylation is 1. The van der Waals surface area contributed by atoms with Crippen LogP contribution in [0.1, 0.15) is 17.7 Å². The molecule has 1 aliphatic rings. The van der Waals surface area contributed by atoms with E-state index in [1.807, 2.05) is 0 Å². The lowest BCUT2D eigenvalue weighted by molar-refractivity contribution is -0.0502. The van der Waals surface area contributed by atoms with Gasteiger partial charge in [-0.3, -0.25) is 0 Å². The second kappa shape index (κ2) is 7.75. The molecule has 0 spiro atoms. The number of ether oxygens (including phenoxy) is 2. The van der Waals surface area contributed by atoms with Gasteiger partial charge in [-0.15, -0.1) is 5.10 Å². The van der Waals surface area contributed by atoms with Crippen LogP contribution in [0.15, 0.2) is 36.8 Å². The van der Waals surface area contributed by atoms with Crippen LogP contribution in [0.3, 0.4) is 0 Å². The van der Waals surface area contributed by atoms with Gasteiger partial charge in [0.25, 0.3) is 0 Å². The molecule has 0 N–H and O–H groups in total. The summed E-state index contributed by atoms with van der Waals surface area (Å²) >= 11 is 0. The predicted molar refractivity (Wildman–Crippen MR) is 95.9 cm³/mol. The average Bonchev–Trinajstić information content (AvgIpc) is 3.10. The van der Waals surface area contributed by atoms with Crippen LogP contribution >= 0.6 is 0 Å². The molecule has 8 nitrogen and oxygen atoms in total. The zero-order valence-electron chi connectivity index (χ0n) is 15.1. The van der Waals surface area contributed by atoms with E-state index in [2.05, 4.69) is 29.9 Å². The second-order valence-electron chi connectivity index (χ2n) is 6.34. The van der Waals surface area contributed by atoms with Crippen molar-refractivity contribution in [3.8, 4) is 17.4 Å². The van der Waals surface area contributed by atoms with Gasteiger partial charge in [0.2, 0.25) is 0 Å². The molecule has 146 valence electrons. The molecular weight excluding hydrogens is 370 g/mol. The SMILES string of the molecule is Cc1ccc(-n2cc(COc3ncc(N4CCC4)cn3)nn2)cc1OC(F)F. The highest BCUT2D eigenvalue weighted by molar-refractivity contribution is 5.45. The van der Waals surface area contributed by atoms with E-state index in [-0.39, 0.29) is 18.4 Å². The third-order valence-electron chi connectivity index (χ3n) is 4.38. The van der Waals surface area contributed by atoms with Gasteiger partial charge in [0.1, 0.15) is 18.1 Å². The van der Waals surface area contributed by atoms with E-state index in [0.717, 1.165) is 18.8 Å². The number of alkyl halides is 2. The van der Waals surface area contributed by atoms with Gasteiger partial charge in [-0.05, 0) is 25.0 Å². The van der Waals surface area contributed by atoms with Crippen molar-refractivity contribution in [1.82, 2.24) is 25.0 Å². The first-order valence-corrected chi connectivity index (χ1v) is 8.75. The Labute approximate surface area is 159 Å². The summed E-state index contributed by atoms with van der Waals surface area (Å²) in [4.78, 5) is 10.6. The van der Waals surface area contributed by atoms with Gasteiger partial charge in [0.05, 0.1) is 30.0 Å². The maximum absolute atomic E-state index is 12.5. The van der Waals surface area contributed by atoms with Crippen LogP contribution in [0.25, 0.3) is 5.69 Å². The summed E-state index contributed by atoms with van der Waals surface area (Å²) in [5.41, 5.74) is 2.68. The van der Waals surface area contributed by atoms with Gasteiger partial charge in [-0.1, -0.05) is 11.3 Å². The number of hydrogen-bond donors (Lipinski definition) is 0. The van der Waals surface area contributed by atoms with Gasteiger partial charge in [0, 0.05) is 19.2 Å². The van der Waals surface area contributed by atoms with E-state index in [1.165, 1.54) is 17.2 Å². The number of hydrogen-bond acceptors (Lipinski definition) is 7. The topological polar surface area (TPSA) is 78.2 Å². The van der Waals surface area contributed by atoms with Crippen molar-refractivity contribution in [3.05, 3.63) is 48.0 Å². The summed E-state index contributed by atoms with van der Waals surface area (Å²) in [6, 6.07) is 5.16. The van der Waals surface area contributed by atoms with Crippen molar-refractivity contribution < 1.29 is 18.3 Å². The van der Waals surface area contributed by atoms with E-state index in [0.29, 0.717) is 16.9 Å². The standard InChI is InChI=1S/C18H18F2N6O2/c1-12-3-4-14(7-16(12)28-17(19)20)26-10-13(23-24-26)11-27-18-21-8-15(9-22-18)25-5-2-6-25/h3-4,7-10,17H,2,5-6,11H2,1H3. The molecule has 2 aromatic heterocycles. The molecule has 28 heavy (non-hydrogen) atoms. The van der Waals surface area contributed by atoms with E-state index < -0.39 is 6.61 Å². The number of anilines is 1. The zero-order valence-corrected chi connectivity index (χ0v) is 15.1. The van der Waals surface area contributed by atoms with Crippen LogP contribution in [-0.4, -0.2) is 44.7 Å². The predicted octanol–water partition coefficient (Wildman–Crippen LogP) is 2.76. The van der Waals surface area contributed by atoms with Crippen LogP contribution in [0.4, 0.5) is 14.5 Å². The Morgan fingerprint density at radius 2 is 1.93 bits per heavy atom. The van der Waals surface area contributed by atoms with Gasteiger partial charge in [0.15, 0.2) is 0 Å². The van der Waals surface area contributed by atoms with Crippen LogP contribution < -0.4 is 14.4 Å². The normalized spacial score (nSPS) is 13.5.